The van der Waals surface area contributed by atoms with E-state index in [1.807, 2.05) is 38.1 Å². The summed E-state index contributed by atoms with van der Waals surface area (Å²) in [5.41, 5.74) is 1.56. The fourth-order valence-electron chi connectivity index (χ4n) is 2.04. The maximum atomic E-state index is 12.2. The van der Waals surface area contributed by atoms with Gasteiger partial charge in [-0.2, -0.15) is 0 Å². The van der Waals surface area contributed by atoms with E-state index in [2.05, 4.69) is 15.3 Å². The first kappa shape index (κ1) is 15.0. The van der Waals surface area contributed by atoms with Crippen molar-refractivity contribution in [2.75, 3.05) is 19.0 Å². The van der Waals surface area contributed by atoms with Gasteiger partial charge >= 0.3 is 0 Å². The Morgan fingerprint density at radius 2 is 2.19 bits per heavy atom. The molecule has 2 aromatic rings. The van der Waals surface area contributed by atoms with Crippen molar-refractivity contribution < 1.29 is 9.21 Å². The molecule has 0 aliphatic rings. The highest BCUT2D eigenvalue weighted by molar-refractivity contribution is 5.92. The van der Waals surface area contributed by atoms with Gasteiger partial charge in [0.05, 0.1) is 5.69 Å². The maximum Gasteiger partial charge on any atom is 0.289 e. The number of amides is 1. The van der Waals surface area contributed by atoms with Crippen molar-refractivity contribution in [2.24, 2.45) is 0 Å². The fraction of sp³-hybridized carbons (Fsp3) is 0.400. The summed E-state index contributed by atoms with van der Waals surface area (Å²) in [5, 5.41) is 2.85. The van der Waals surface area contributed by atoms with E-state index < -0.39 is 0 Å². The number of nitrogens with zero attached hydrogens (tertiary/aromatic N) is 3. The molecule has 6 heteroatoms. The van der Waals surface area contributed by atoms with Crippen LogP contribution in [0.3, 0.4) is 0 Å². The zero-order valence-electron chi connectivity index (χ0n) is 12.8. The number of aromatic nitrogens is 2. The molecule has 0 bridgehead atoms. The number of hydrogen-bond acceptors (Lipinski definition) is 5. The lowest BCUT2D eigenvalue weighted by Gasteiger charge is -2.15. The van der Waals surface area contributed by atoms with E-state index in [1.165, 1.54) is 0 Å². The predicted molar refractivity (Wildman–Crippen MR) is 80.4 cm³/mol. The Kier molecular flexibility index (Phi) is 4.57. The van der Waals surface area contributed by atoms with E-state index in [1.54, 1.807) is 13.1 Å². The van der Waals surface area contributed by atoms with Crippen molar-refractivity contribution in [3.8, 4) is 0 Å². The van der Waals surface area contributed by atoms with Crippen LogP contribution in [0.15, 0.2) is 22.7 Å². The minimum Gasteiger partial charge on any atom is -0.435 e. The molecule has 2 rings (SSSR count). The van der Waals surface area contributed by atoms with Crippen molar-refractivity contribution in [3.05, 3.63) is 41.2 Å². The SMILES string of the molecule is CCc1nc(C)c(C(=O)NCc2cccnc2N(C)C)o1. The average Bonchev–Trinajstić information content (AvgIpc) is 2.86. The highest BCUT2D eigenvalue weighted by Gasteiger charge is 2.17. The fourth-order valence-corrected chi connectivity index (χ4v) is 2.04. The molecule has 0 radical (unpaired) electrons. The van der Waals surface area contributed by atoms with E-state index in [4.69, 9.17) is 4.42 Å². The summed E-state index contributed by atoms with van der Waals surface area (Å²) in [4.78, 5) is 22.6. The molecular weight excluding hydrogens is 268 g/mol. The van der Waals surface area contributed by atoms with Crippen LogP contribution in [0.5, 0.6) is 0 Å². The Labute approximate surface area is 124 Å². The molecule has 112 valence electrons. The van der Waals surface area contributed by atoms with Gasteiger partial charge in [0.2, 0.25) is 5.76 Å². The topological polar surface area (TPSA) is 71.3 Å². The molecule has 0 saturated carbocycles. The second-order valence-corrected chi connectivity index (χ2v) is 4.94. The minimum absolute atomic E-state index is 0.256. The minimum atomic E-state index is -0.256. The monoisotopic (exact) mass is 288 g/mol. The lowest BCUT2D eigenvalue weighted by atomic mass is 10.2. The van der Waals surface area contributed by atoms with Crippen LogP contribution >= 0.6 is 0 Å². The van der Waals surface area contributed by atoms with E-state index in [0.29, 0.717) is 24.6 Å². The van der Waals surface area contributed by atoms with Crippen molar-refractivity contribution in [1.29, 1.82) is 0 Å². The molecular formula is C15H20N4O2. The summed E-state index contributed by atoms with van der Waals surface area (Å²) in [7, 11) is 3.84. The highest BCUT2D eigenvalue weighted by Crippen LogP contribution is 2.15. The van der Waals surface area contributed by atoms with Gasteiger partial charge < -0.3 is 14.6 Å². The number of oxazole rings is 1. The molecule has 21 heavy (non-hydrogen) atoms. The van der Waals surface area contributed by atoms with Gasteiger partial charge in [-0.15, -0.1) is 0 Å². The first-order chi connectivity index (χ1) is 10.0. The van der Waals surface area contributed by atoms with Crippen molar-refractivity contribution in [3.63, 3.8) is 0 Å². The number of nitrogens with one attached hydrogen (secondary N) is 1. The quantitative estimate of drug-likeness (QED) is 0.910. The van der Waals surface area contributed by atoms with Gasteiger partial charge in [0.15, 0.2) is 5.89 Å². The van der Waals surface area contributed by atoms with Crippen LogP contribution in [0.4, 0.5) is 5.82 Å². The van der Waals surface area contributed by atoms with E-state index in [9.17, 15) is 4.79 Å². The molecule has 0 atom stereocenters. The molecule has 1 amide bonds. The van der Waals surface area contributed by atoms with Crippen LogP contribution in [0.25, 0.3) is 0 Å². The Bertz CT molecular complexity index is 634. The standard InChI is InChI=1S/C15H20N4O2/c1-5-12-18-10(2)13(21-12)15(20)17-9-11-7-6-8-16-14(11)19(3)4/h6-8H,5,9H2,1-4H3,(H,17,20). The number of carbonyl (C=O) groups excluding carboxylic acids is 1. The van der Waals surface area contributed by atoms with Crippen LogP contribution < -0.4 is 10.2 Å². The number of pyridine rings is 1. The molecule has 0 aliphatic carbocycles. The predicted octanol–water partition coefficient (Wildman–Crippen LogP) is 1.94. The number of hydrogen-bond donors (Lipinski definition) is 1. The van der Waals surface area contributed by atoms with Gasteiger partial charge in [-0.05, 0) is 13.0 Å². The zero-order chi connectivity index (χ0) is 15.4. The highest BCUT2D eigenvalue weighted by atomic mass is 16.4. The summed E-state index contributed by atoms with van der Waals surface area (Å²) in [6.07, 6.45) is 2.40. The third-order valence-corrected chi connectivity index (χ3v) is 3.08. The van der Waals surface area contributed by atoms with Crippen LogP contribution in [0.2, 0.25) is 0 Å². The molecule has 0 unspecified atom stereocenters. The molecule has 0 aromatic carbocycles. The van der Waals surface area contributed by atoms with Crippen LogP contribution in [0.1, 0.15) is 34.6 Å². The molecule has 2 aromatic heterocycles. The molecule has 0 fully saturated rings. The normalized spacial score (nSPS) is 10.5. The van der Waals surface area contributed by atoms with E-state index >= 15 is 0 Å². The average molecular weight is 288 g/mol. The van der Waals surface area contributed by atoms with Crippen LogP contribution in [-0.2, 0) is 13.0 Å². The second kappa shape index (κ2) is 6.39. The largest absolute Gasteiger partial charge is 0.435 e. The van der Waals surface area contributed by atoms with Gasteiger partial charge in [0.1, 0.15) is 5.82 Å². The van der Waals surface area contributed by atoms with E-state index in [0.717, 1.165) is 11.4 Å². The number of aryl methyl sites for hydroxylation is 2. The third kappa shape index (κ3) is 3.39. The summed E-state index contributed by atoms with van der Waals surface area (Å²) in [6, 6.07) is 3.79. The summed E-state index contributed by atoms with van der Waals surface area (Å²) < 4.78 is 5.44. The molecule has 1 N–H and O–H groups in total. The summed E-state index contributed by atoms with van der Waals surface area (Å²) in [6.45, 7) is 4.10. The Morgan fingerprint density at radius 3 is 2.81 bits per heavy atom. The van der Waals surface area contributed by atoms with Gasteiger partial charge in [-0.3, -0.25) is 4.79 Å². The van der Waals surface area contributed by atoms with Crippen LogP contribution in [0, 0.1) is 6.92 Å². The number of carbonyl (C=O) groups is 1. The number of anilines is 1. The van der Waals surface area contributed by atoms with Crippen molar-refractivity contribution >= 4 is 11.7 Å². The van der Waals surface area contributed by atoms with Gasteiger partial charge in [0.25, 0.3) is 5.91 Å². The molecule has 0 spiro atoms. The first-order valence-corrected chi connectivity index (χ1v) is 6.88. The van der Waals surface area contributed by atoms with Gasteiger partial charge in [0, 0.05) is 38.8 Å². The molecule has 0 aliphatic heterocycles. The summed E-state index contributed by atoms with van der Waals surface area (Å²) >= 11 is 0. The van der Waals surface area contributed by atoms with Crippen molar-refractivity contribution in [2.45, 2.75) is 26.8 Å². The Hall–Kier alpha value is -2.37. The van der Waals surface area contributed by atoms with Gasteiger partial charge in [-0.1, -0.05) is 13.0 Å². The lowest BCUT2D eigenvalue weighted by Crippen LogP contribution is -2.24. The first-order valence-electron chi connectivity index (χ1n) is 6.88. The van der Waals surface area contributed by atoms with Gasteiger partial charge in [-0.25, -0.2) is 9.97 Å². The lowest BCUT2D eigenvalue weighted by molar-refractivity contribution is 0.0920. The smallest absolute Gasteiger partial charge is 0.289 e. The van der Waals surface area contributed by atoms with Crippen molar-refractivity contribution in [1.82, 2.24) is 15.3 Å². The maximum absolute atomic E-state index is 12.2. The molecule has 6 nitrogen and oxygen atoms in total. The van der Waals surface area contributed by atoms with Crippen LogP contribution in [-0.4, -0.2) is 30.0 Å². The Morgan fingerprint density at radius 1 is 1.43 bits per heavy atom. The third-order valence-electron chi connectivity index (χ3n) is 3.08. The van der Waals surface area contributed by atoms with E-state index in [-0.39, 0.29) is 11.7 Å². The molecule has 2 heterocycles. The second-order valence-electron chi connectivity index (χ2n) is 4.94. The number of rotatable bonds is 5. The molecule has 0 saturated heterocycles. The zero-order valence-corrected chi connectivity index (χ0v) is 12.8. The Balaban J connectivity index is 2.09. The summed E-state index contributed by atoms with van der Waals surface area (Å²) in [5.74, 6) is 1.43.